The zero-order chi connectivity index (χ0) is 36.2. The van der Waals surface area contributed by atoms with Crippen LogP contribution in [0, 0.1) is 24.2 Å². The van der Waals surface area contributed by atoms with Crippen LogP contribution in [0.3, 0.4) is 0 Å². The van der Waals surface area contributed by atoms with E-state index >= 15 is 0 Å². The molecule has 3 aromatic heterocycles. The molecular formula is C39H47BrN8O3. The Bertz CT molecular complexity index is 2000. The number of hydrogen-bond donors (Lipinski definition) is 1. The lowest BCUT2D eigenvalue weighted by molar-refractivity contribution is -0.138. The van der Waals surface area contributed by atoms with Gasteiger partial charge in [-0.05, 0) is 102 Å². The van der Waals surface area contributed by atoms with Crippen LogP contribution in [-0.4, -0.2) is 84.4 Å². The number of benzene rings is 1. The van der Waals surface area contributed by atoms with Gasteiger partial charge in [0.2, 0.25) is 11.8 Å². The number of anilines is 1. The Morgan fingerprint density at radius 2 is 1.80 bits per heavy atom. The smallest absolute Gasteiger partial charge is 0.248 e. The fourth-order valence-electron chi connectivity index (χ4n) is 8.84. The van der Waals surface area contributed by atoms with E-state index in [1.165, 1.54) is 6.92 Å². The van der Waals surface area contributed by atoms with Gasteiger partial charge in [0.05, 0.1) is 5.52 Å². The number of piperidine rings is 1. The molecule has 1 aromatic carbocycles. The second-order valence-electron chi connectivity index (χ2n) is 15.2. The maximum absolute atomic E-state index is 14.7. The largest absolute Gasteiger partial charge is 0.325 e. The van der Waals surface area contributed by atoms with Gasteiger partial charge in [-0.1, -0.05) is 46.1 Å². The van der Waals surface area contributed by atoms with Crippen molar-refractivity contribution in [2.75, 3.05) is 25.5 Å². The molecule has 1 aliphatic carbocycles. The van der Waals surface area contributed by atoms with Gasteiger partial charge in [-0.3, -0.25) is 19.1 Å². The monoisotopic (exact) mass is 754 g/mol. The zero-order valence-corrected chi connectivity index (χ0v) is 31.9. The Kier molecular flexibility index (Phi) is 9.60. The van der Waals surface area contributed by atoms with Crippen molar-refractivity contribution in [2.24, 2.45) is 17.3 Å². The Hall–Kier alpha value is -4.03. The Labute approximate surface area is 307 Å². The summed E-state index contributed by atoms with van der Waals surface area (Å²) in [6.07, 6.45) is 8.61. The van der Waals surface area contributed by atoms with Crippen LogP contribution in [0.2, 0.25) is 0 Å². The molecule has 11 nitrogen and oxygen atoms in total. The lowest BCUT2D eigenvalue weighted by Crippen LogP contribution is -2.47. The first-order chi connectivity index (χ1) is 24.4. The third-order valence-electron chi connectivity index (χ3n) is 11.8. The van der Waals surface area contributed by atoms with E-state index < -0.39 is 6.04 Å². The van der Waals surface area contributed by atoms with Crippen molar-refractivity contribution in [3.63, 3.8) is 0 Å². The van der Waals surface area contributed by atoms with Crippen LogP contribution in [0.15, 0.2) is 47.3 Å². The highest BCUT2D eigenvalue weighted by atomic mass is 79.9. The van der Waals surface area contributed by atoms with Crippen molar-refractivity contribution < 1.29 is 14.4 Å². The van der Waals surface area contributed by atoms with Crippen LogP contribution in [0.4, 0.5) is 5.82 Å². The normalized spacial score (nSPS) is 27.2. The minimum Gasteiger partial charge on any atom is -0.325 e. The minimum atomic E-state index is -0.660. The molecule has 12 heteroatoms. The SMILES string of the molecule is CC(=O)c1nn2c3c(cc(-c4cnc(C)nc4)cc13)C(C)C(C)CCCCCN(C)C[C@@]13C[C@@H](C(=O)Nc4cccc(Br)n4)N(C(=O)C2)C1C3C. The van der Waals surface area contributed by atoms with Crippen LogP contribution in [0.1, 0.15) is 87.6 Å². The molecule has 268 valence electrons. The number of ketones is 1. The molecular weight excluding hydrogens is 708 g/mol. The Morgan fingerprint density at radius 1 is 1.04 bits per heavy atom. The van der Waals surface area contributed by atoms with Crippen LogP contribution < -0.4 is 5.32 Å². The summed E-state index contributed by atoms with van der Waals surface area (Å²) in [7, 11) is 2.16. The Balaban J connectivity index is 1.34. The summed E-state index contributed by atoms with van der Waals surface area (Å²) in [6.45, 7) is 11.8. The van der Waals surface area contributed by atoms with Gasteiger partial charge in [-0.15, -0.1) is 0 Å². The van der Waals surface area contributed by atoms with Crippen molar-refractivity contribution in [1.82, 2.24) is 34.5 Å². The van der Waals surface area contributed by atoms with Crippen molar-refractivity contribution in [2.45, 2.75) is 91.3 Å². The standard InChI is InChI=1S/C39H47BrN8O3/c1-22-11-8-7-9-14-46(6)21-39-17-31(38(51)44-33-13-10-12-32(40)43-33)48(37(39)24(39)3)34(50)20-47-36-29(23(22)2)15-27(28-18-41-26(5)42-19-28)16-30(36)35(45-47)25(4)49/h10,12-13,15-16,18-19,22-24,31,37H,7-9,11,14,17,20-21H2,1-6H3,(H,43,44,51)/t22?,23?,24?,31-,37?,39+/m0/s1. The van der Waals surface area contributed by atoms with E-state index in [0.717, 1.165) is 61.0 Å². The average Bonchev–Trinajstić information content (AvgIpc) is 3.35. The molecule has 51 heavy (non-hydrogen) atoms. The van der Waals surface area contributed by atoms with E-state index in [1.54, 1.807) is 16.8 Å². The third kappa shape index (κ3) is 6.61. The lowest BCUT2D eigenvalue weighted by atomic mass is 9.83. The van der Waals surface area contributed by atoms with Gasteiger partial charge < -0.3 is 15.1 Å². The molecule has 1 saturated heterocycles. The van der Waals surface area contributed by atoms with Crippen molar-refractivity contribution in [3.8, 4) is 11.1 Å². The predicted octanol–water partition coefficient (Wildman–Crippen LogP) is 6.65. The second kappa shape index (κ2) is 13.8. The number of nitrogens with zero attached hydrogens (tertiary/aromatic N) is 7. The summed E-state index contributed by atoms with van der Waals surface area (Å²) in [6, 6.07) is 8.79. The maximum atomic E-state index is 14.7. The molecule has 2 aliphatic heterocycles. The highest BCUT2D eigenvalue weighted by Crippen LogP contribution is 2.64. The number of carbonyl (C=O) groups is 3. The number of carbonyl (C=O) groups excluding carboxylic acids is 3. The highest BCUT2D eigenvalue weighted by molar-refractivity contribution is 9.10. The van der Waals surface area contributed by atoms with Crippen LogP contribution in [0.5, 0.6) is 0 Å². The van der Waals surface area contributed by atoms with Crippen molar-refractivity contribution in [3.05, 3.63) is 64.4 Å². The molecule has 4 aromatic rings. The summed E-state index contributed by atoms with van der Waals surface area (Å²) in [5.41, 5.74) is 3.75. The molecule has 2 bridgehead atoms. The van der Waals surface area contributed by atoms with Gasteiger partial charge in [0, 0.05) is 48.3 Å². The number of Topliss-reactive ketones (excluding diaryl/α,β-unsaturated/α-hetero) is 1. The van der Waals surface area contributed by atoms with E-state index in [0.29, 0.717) is 39.7 Å². The average molecular weight is 756 g/mol. The van der Waals surface area contributed by atoms with Gasteiger partial charge in [-0.25, -0.2) is 15.0 Å². The first-order valence-corrected chi connectivity index (χ1v) is 18.9. The van der Waals surface area contributed by atoms with Crippen molar-refractivity contribution in [1.29, 1.82) is 0 Å². The number of hydrogen-bond acceptors (Lipinski definition) is 8. The summed E-state index contributed by atoms with van der Waals surface area (Å²) in [5.74, 6) is 1.23. The molecule has 2 amide bonds. The lowest BCUT2D eigenvalue weighted by Gasteiger charge is -2.29. The van der Waals surface area contributed by atoms with E-state index in [2.05, 4.69) is 75.0 Å². The molecule has 4 unspecified atom stereocenters. The number of amides is 2. The van der Waals surface area contributed by atoms with Crippen LogP contribution in [-0.2, 0) is 16.1 Å². The fourth-order valence-corrected chi connectivity index (χ4v) is 9.18. The first-order valence-electron chi connectivity index (χ1n) is 18.2. The van der Waals surface area contributed by atoms with E-state index in [-0.39, 0.29) is 47.4 Å². The third-order valence-corrected chi connectivity index (χ3v) is 12.3. The van der Waals surface area contributed by atoms with E-state index in [1.807, 2.05) is 36.4 Å². The molecule has 2 fully saturated rings. The first kappa shape index (κ1) is 35.4. The Morgan fingerprint density at radius 3 is 2.53 bits per heavy atom. The molecule has 7 rings (SSSR count). The molecule has 0 spiro atoms. The second-order valence-corrected chi connectivity index (χ2v) is 16.0. The summed E-state index contributed by atoms with van der Waals surface area (Å²) in [4.78, 5) is 59.5. The summed E-state index contributed by atoms with van der Waals surface area (Å²) in [5, 5.41) is 8.56. The van der Waals surface area contributed by atoms with Gasteiger partial charge >= 0.3 is 0 Å². The van der Waals surface area contributed by atoms with Crippen molar-refractivity contribution >= 4 is 50.2 Å². The summed E-state index contributed by atoms with van der Waals surface area (Å²) < 4.78 is 2.34. The minimum absolute atomic E-state index is 0.0741. The van der Waals surface area contributed by atoms with Crippen LogP contribution in [0.25, 0.3) is 22.0 Å². The number of nitrogens with one attached hydrogen (secondary N) is 1. The fraction of sp³-hybridized carbons (Fsp3) is 0.513. The number of rotatable bonds is 4. The number of aryl methyl sites for hydroxylation is 1. The zero-order valence-electron chi connectivity index (χ0n) is 30.3. The summed E-state index contributed by atoms with van der Waals surface area (Å²) >= 11 is 3.40. The molecule has 0 radical (unpaired) electrons. The van der Waals surface area contributed by atoms with E-state index in [9.17, 15) is 14.4 Å². The molecule has 1 N–H and O–H groups in total. The molecule has 1 saturated carbocycles. The predicted molar refractivity (Wildman–Crippen MR) is 200 cm³/mol. The molecule has 3 aliphatic rings. The quantitative estimate of drug-likeness (QED) is 0.181. The number of halogens is 1. The topological polar surface area (TPSA) is 126 Å². The van der Waals surface area contributed by atoms with Crippen LogP contribution >= 0.6 is 15.9 Å². The maximum Gasteiger partial charge on any atom is 0.248 e. The molecule has 5 heterocycles. The van der Waals surface area contributed by atoms with Gasteiger partial charge in [0.1, 0.15) is 34.5 Å². The number of aromatic nitrogens is 5. The number of pyridine rings is 1. The van der Waals surface area contributed by atoms with Gasteiger partial charge in [0.25, 0.3) is 0 Å². The van der Waals surface area contributed by atoms with E-state index in [4.69, 9.17) is 5.10 Å². The highest BCUT2D eigenvalue weighted by Gasteiger charge is 2.72. The molecule has 6 atom stereocenters. The van der Waals surface area contributed by atoms with Gasteiger partial charge in [-0.2, -0.15) is 5.10 Å². The van der Waals surface area contributed by atoms with Gasteiger partial charge in [0.15, 0.2) is 5.78 Å².